The van der Waals surface area contributed by atoms with E-state index in [0.29, 0.717) is 12.6 Å². The van der Waals surface area contributed by atoms with Crippen LogP contribution in [0.1, 0.15) is 59.8 Å². The fourth-order valence-electron chi connectivity index (χ4n) is 3.59. The molecular formula is C14H26F3N. The van der Waals surface area contributed by atoms with Gasteiger partial charge in [-0.2, -0.15) is 13.2 Å². The van der Waals surface area contributed by atoms with Crippen molar-refractivity contribution < 1.29 is 13.2 Å². The van der Waals surface area contributed by atoms with Crippen LogP contribution in [0.2, 0.25) is 0 Å². The molecule has 1 nitrogen and oxygen atoms in total. The molecule has 0 aromatic heterocycles. The standard InChI is InChI=1S/C14H26F3N/c1-12(2)8-11(9-13(3,4)10-12)18-7-5-6-14(15,16)17/h11,18H,5-10H2,1-4H3. The minimum Gasteiger partial charge on any atom is -0.314 e. The maximum absolute atomic E-state index is 12.0. The normalized spacial score (nSPS) is 24.2. The van der Waals surface area contributed by atoms with E-state index in [4.69, 9.17) is 0 Å². The summed E-state index contributed by atoms with van der Waals surface area (Å²) < 4.78 is 36.1. The summed E-state index contributed by atoms with van der Waals surface area (Å²) in [6.45, 7) is 9.46. The van der Waals surface area contributed by atoms with Crippen molar-refractivity contribution in [2.24, 2.45) is 10.8 Å². The molecule has 0 aromatic rings. The third-order valence-electron chi connectivity index (χ3n) is 3.63. The van der Waals surface area contributed by atoms with Gasteiger partial charge in [-0.1, -0.05) is 27.7 Å². The number of alkyl halides is 3. The molecule has 0 amide bonds. The van der Waals surface area contributed by atoms with Crippen molar-refractivity contribution in [3.05, 3.63) is 0 Å². The summed E-state index contributed by atoms with van der Waals surface area (Å²) in [7, 11) is 0. The van der Waals surface area contributed by atoms with Crippen LogP contribution in [0.4, 0.5) is 13.2 Å². The Kier molecular flexibility index (Phi) is 4.74. The van der Waals surface area contributed by atoms with Crippen LogP contribution in [0.25, 0.3) is 0 Å². The van der Waals surface area contributed by atoms with Crippen LogP contribution in [-0.4, -0.2) is 18.8 Å². The van der Waals surface area contributed by atoms with Crippen LogP contribution in [-0.2, 0) is 0 Å². The van der Waals surface area contributed by atoms with E-state index in [2.05, 4.69) is 33.0 Å². The van der Waals surface area contributed by atoms with Crippen molar-refractivity contribution in [3.63, 3.8) is 0 Å². The molecule has 0 unspecified atom stereocenters. The van der Waals surface area contributed by atoms with Gasteiger partial charge in [-0.3, -0.25) is 0 Å². The number of nitrogens with one attached hydrogen (secondary N) is 1. The van der Waals surface area contributed by atoms with E-state index in [0.717, 1.165) is 12.8 Å². The van der Waals surface area contributed by atoms with Crippen LogP contribution in [0.5, 0.6) is 0 Å². The zero-order valence-corrected chi connectivity index (χ0v) is 12.0. The van der Waals surface area contributed by atoms with E-state index in [1.165, 1.54) is 6.42 Å². The van der Waals surface area contributed by atoms with E-state index >= 15 is 0 Å². The van der Waals surface area contributed by atoms with Crippen molar-refractivity contribution in [2.75, 3.05) is 6.54 Å². The van der Waals surface area contributed by atoms with Crippen molar-refractivity contribution in [1.29, 1.82) is 0 Å². The molecular weight excluding hydrogens is 239 g/mol. The Balaban J connectivity index is 2.34. The summed E-state index contributed by atoms with van der Waals surface area (Å²) in [5.41, 5.74) is 0.562. The van der Waals surface area contributed by atoms with Crippen LogP contribution in [0.3, 0.4) is 0 Å². The summed E-state index contributed by atoms with van der Waals surface area (Å²) in [5, 5.41) is 3.31. The minimum atomic E-state index is -4.02. The molecule has 0 heterocycles. The maximum atomic E-state index is 12.0. The summed E-state index contributed by atoms with van der Waals surface area (Å²) in [4.78, 5) is 0. The average Bonchev–Trinajstić information content (AvgIpc) is 2.05. The largest absolute Gasteiger partial charge is 0.389 e. The van der Waals surface area contributed by atoms with E-state index in [1.54, 1.807) is 0 Å². The maximum Gasteiger partial charge on any atom is 0.389 e. The smallest absolute Gasteiger partial charge is 0.314 e. The van der Waals surface area contributed by atoms with E-state index in [9.17, 15) is 13.2 Å². The number of hydrogen-bond acceptors (Lipinski definition) is 1. The highest BCUT2D eigenvalue weighted by atomic mass is 19.4. The topological polar surface area (TPSA) is 12.0 Å². The van der Waals surface area contributed by atoms with Gasteiger partial charge in [0.05, 0.1) is 0 Å². The number of rotatable bonds is 4. The molecule has 0 atom stereocenters. The first-order valence-electron chi connectivity index (χ1n) is 6.79. The van der Waals surface area contributed by atoms with Crippen LogP contribution < -0.4 is 5.32 Å². The summed E-state index contributed by atoms with van der Waals surface area (Å²) in [5.74, 6) is 0. The van der Waals surface area contributed by atoms with E-state index in [-0.39, 0.29) is 17.3 Å². The quantitative estimate of drug-likeness (QED) is 0.737. The second kappa shape index (κ2) is 5.40. The predicted octanol–water partition coefficient (Wildman–Crippen LogP) is 4.52. The molecule has 18 heavy (non-hydrogen) atoms. The van der Waals surface area contributed by atoms with Crippen molar-refractivity contribution in [2.45, 2.75) is 72.0 Å². The first kappa shape index (κ1) is 15.8. The van der Waals surface area contributed by atoms with Crippen molar-refractivity contribution in [3.8, 4) is 0 Å². The highest BCUT2D eigenvalue weighted by Gasteiger charge is 2.38. The molecule has 1 N–H and O–H groups in total. The molecule has 0 radical (unpaired) electrons. The Morgan fingerprint density at radius 2 is 1.56 bits per heavy atom. The first-order valence-corrected chi connectivity index (χ1v) is 6.79. The van der Waals surface area contributed by atoms with E-state index < -0.39 is 12.6 Å². The lowest BCUT2D eigenvalue weighted by Gasteiger charge is -2.45. The highest BCUT2D eigenvalue weighted by Crippen LogP contribution is 2.45. The second-order valence-corrected chi connectivity index (χ2v) is 7.28. The monoisotopic (exact) mass is 265 g/mol. The molecule has 0 aromatic carbocycles. The minimum absolute atomic E-state index is 0.181. The Morgan fingerprint density at radius 3 is 2.00 bits per heavy atom. The Bertz CT molecular complexity index is 253. The molecule has 1 rings (SSSR count). The van der Waals surface area contributed by atoms with Gasteiger partial charge in [0.15, 0.2) is 0 Å². The molecule has 4 heteroatoms. The van der Waals surface area contributed by atoms with Gasteiger partial charge < -0.3 is 5.32 Å². The highest BCUT2D eigenvalue weighted by molar-refractivity contribution is 4.92. The molecule has 1 aliphatic rings. The van der Waals surface area contributed by atoms with Crippen LogP contribution in [0.15, 0.2) is 0 Å². The lowest BCUT2D eigenvalue weighted by Crippen LogP contribution is -2.44. The van der Waals surface area contributed by atoms with Crippen molar-refractivity contribution >= 4 is 0 Å². The fraction of sp³-hybridized carbons (Fsp3) is 1.00. The van der Waals surface area contributed by atoms with Crippen LogP contribution >= 0.6 is 0 Å². The molecule has 1 aliphatic carbocycles. The van der Waals surface area contributed by atoms with Gasteiger partial charge in [-0.15, -0.1) is 0 Å². The van der Waals surface area contributed by atoms with Crippen molar-refractivity contribution in [1.82, 2.24) is 5.32 Å². The second-order valence-electron chi connectivity index (χ2n) is 7.28. The lowest BCUT2D eigenvalue weighted by atomic mass is 9.63. The predicted molar refractivity (Wildman–Crippen MR) is 68.5 cm³/mol. The van der Waals surface area contributed by atoms with Gasteiger partial charge in [-0.25, -0.2) is 0 Å². The molecule has 0 bridgehead atoms. The number of halogens is 3. The first-order chi connectivity index (χ1) is 7.99. The van der Waals surface area contributed by atoms with Gasteiger partial charge in [-0.05, 0) is 43.1 Å². The SMILES string of the molecule is CC1(C)CC(NCCCC(F)(F)F)CC(C)(C)C1. The summed E-state index contributed by atoms with van der Waals surface area (Å²) in [6, 6.07) is 0.358. The molecule has 1 saturated carbocycles. The molecule has 1 fully saturated rings. The third-order valence-corrected chi connectivity index (χ3v) is 3.63. The molecule has 0 aliphatic heterocycles. The Morgan fingerprint density at radius 1 is 1.06 bits per heavy atom. The van der Waals surface area contributed by atoms with Gasteiger partial charge >= 0.3 is 6.18 Å². The van der Waals surface area contributed by atoms with Gasteiger partial charge in [0.25, 0.3) is 0 Å². The van der Waals surface area contributed by atoms with Crippen LogP contribution in [0, 0.1) is 10.8 Å². The summed E-state index contributed by atoms with van der Waals surface area (Å²) >= 11 is 0. The fourth-order valence-corrected chi connectivity index (χ4v) is 3.59. The lowest BCUT2D eigenvalue weighted by molar-refractivity contribution is -0.135. The zero-order valence-electron chi connectivity index (χ0n) is 12.0. The molecule has 108 valence electrons. The van der Waals surface area contributed by atoms with E-state index in [1.807, 2.05) is 0 Å². The van der Waals surface area contributed by atoms with Gasteiger partial charge in [0.2, 0.25) is 0 Å². The Labute approximate surface area is 109 Å². The third kappa shape index (κ3) is 6.07. The summed E-state index contributed by atoms with van der Waals surface area (Å²) in [6.07, 6.45) is -1.22. The number of hydrogen-bond donors (Lipinski definition) is 1. The molecule has 0 spiro atoms. The average molecular weight is 265 g/mol. The Hall–Kier alpha value is -0.250. The zero-order chi connectivity index (χ0) is 14.0. The van der Waals surface area contributed by atoms with Gasteiger partial charge in [0, 0.05) is 12.5 Å². The molecule has 0 saturated heterocycles. The van der Waals surface area contributed by atoms with Gasteiger partial charge in [0.1, 0.15) is 0 Å².